The van der Waals surface area contributed by atoms with E-state index >= 15 is 0 Å². The third-order valence-corrected chi connectivity index (χ3v) is 3.04. The Kier molecular flexibility index (Phi) is 2.85. The first-order chi connectivity index (χ1) is 6.79. The van der Waals surface area contributed by atoms with E-state index in [4.69, 9.17) is 0 Å². The summed E-state index contributed by atoms with van der Waals surface area (Å²) in [7, 11) is 0. The van der Waals surface area contributed by atoms with Gasteiger partial charge in [0, 0.05) is 12.6 Å². The smallest absolute Gasteiger partial charge is 0.107 e. The molecule has 1 aromatic rings. The number of nitrogens with zero attached hydrogens (tertiary/aromatic N) is 1. The molecule has 1 aliphatic rings. The molecule has 2 atom stereocenters. The Morgan fingerprint density at radius 2 is 2.07 bits per heavy atom. The van der Waals surface area contributed by atoms with E-state index in [-0.39, 0.29) is 6.23 Å². The Labute approximate surface area is 85.2 Å². The zero-order chi connectivity index (χ0) is 9.97. The van der Waals surface area contributed by atoms with Gasteiger partial charge in [-0.15, -0.1) is 0 Å². The Morgan fingerprint density at radius 3 is 2.64 bits per heavy atom. The molecule has 0 amide bonds. The molecule has 0 spiro atoms. The van der Waals surface area contributed by atoms with Gasteiger partial charge in [-0.1, -0.05) is 30.3 Å². The zero-order valence-corrected chi connectivity index (χ0v) is 8.56. The third kappa shape index (κ3) is 1.81. The molecular formula is C12H17NO. The van der Waals surface area contributed by atoms with E-state index in [2.05, 4.69) is 24.0 Å². The molecule has 1 saturated heterocycles. The van der Waals surface area contributed by atoms with Gasteiger partial charge in [0.05, 0.1) is 0 Å². The van der Waals surface area contributed by atoms with Crippen molar-refractivity contribution >= 4 is 0 Å². The standard InChI is InChI=1S/C12H17NO/c1-10(11-6-3-2-4-7-11)13-9-5-8-12(13)14/h2-4,6-7,10,12,14H,5,8-9H2,1H3/t10-,12?/m1/s1. The van der Waals surface area contributed by atoms with Crippen LogP contribution in [0.5, 0.6) is 0 Å². The van der Waals surface area contributed by atoms with Gasteiger partial charge in [-0.3, -0.25) is 4.90 Å². The van der Waals surface area contributed by atoms with Crippen molar-refractivity contribution in [1.29, 1.82) is 0 Å². The van der Waals surface area contributed by atoms with Crippen molar-refractivity contribution in [3.63, 3.8) is 0 Å². The number of benzene rings is 1. The summed E-state index contributed by atoms with van der Waals surface area (Å²) in [5.74, 6) is 0. The van der Waals surface area contributed by atoms with Crippen LogP contribution in [0.4, 0.5) is 0 Å². The first-order valence-electron chi connectivity index (χ1n) is 5.28. The van der Waals surface area contributed by atoms with Crippen molar-refractivity contribution in [2.24, 2.45) is 0 Å². The topological polar surface area (TPSA) is 23.5 Å². The van der Waals surface area contributed by atoms with Gasteiger partial charge in [0.2, 0.25) is 0 Å². The van der Waals surface area contributed by atoms with Crippen LogP contribution in [-0.2, 0) is 0 Å². The molecule has 0 aromatic heterocycles. The predicted molar refractivity (Wildman–Crippen MR) is 56.8 cm³/mol. The highest BCUT2D eigenvalue weighted by atomic mass is 16.3. The Hall–Kier alpha value is -0.860. The molecule has 1 fully saturated rings. The van der Waals surface area contributed by atoms with E-state index in [0.717, 1.165) is 19.4 Å². The fourth-order valence-corrected chi connectivity index (χ4v) is 2.15. The van der Waals surface area contributed by atoms with E-state index in [1.165, 1.54) is 5.56 Å². The van der Waals surface area contributed by atoms with Crippen molar-refractivity contribution in [1.82, 2.24) is 4.90 Å². The summed E-state index contributed by atoms with van der Waals surface area (Å²) < 4.78 is 0. The molecule has 0 aliphatic carbocycles. The van der Waals surface area contributed by atoms with Crippen LogP contribution in [0.3, 0.4) is 0 Å². The highest BCUT2D eigenvalue weighted by Crippen LogP contribution is 2.27. The number of rotatable bonds is 2. The quantitative estimate of drug-likeness (QED) is 0.774. The van der Waals surface area contributed by atoms with E-state index in [9.17, 15) is 5.11 Å². The SMILES string of the molecule is C[C@H](c1ccccc1)N1CCCC1O. The van der Waals surface area contributed by atoms with Gasteiger partial charge >= 0.3 is 0 Å². The Balaban J connectivity index is 2.12. The minimum Gasteiger partial charge on any atom is -0.378 e. The van der Waals surface area contributed by atoms with E-state index in [0.29, 0.717) is 6.04 Å². The molecule has 0 bridgehead atoms. The van der Waals surface area contributed by atoms with Gasteiger partial charge in [-0.05, 0) is 25.3 Å². The minimum absolute atomic E-state index is 0.245. The van der Waals surface area contributed by atoms with Gasteiger partial charge in [-0.25, -0.2) is 0 Å². The number of aliphatic hydroxyl groups is 1. The first kappa shape index (κ1) is 9.69. The summed E-state index contributed by atoms with van der Waals surface area (Å²) in [5, 5.41) is 9.75. The maximum Gasteiger partial charge on any atom is 0.107 e. The van der Waals surface area contributed by atoms with Crippen LogP contribution in [0, 0.1) is 0 Å². The van der Waals surface area contributed by atoms with Gasteiger partial charge in [-0.2, -0.15) is 0 Å². The average molecular weight is 191 g/mol. The maximum atomic E-state index is 9.75. The van der Waals surface area contributed by atoms with Crippen molar-refractivity contribution in [3.8, 4) is 0 Å². The number of hydrogen-bond acceptors (Lipinski definition) is 2. The fourth-order valence-electron chi connectivity index (χ4n) is 2.15. The van der Waals surface area contributed by atoms with Gasteiger partial charge in [0.1, 0.15) is 6.23 Å². The first-order valence-corrected chi connectivity index (χ1v) is 5.28. The van der Waals surface area contributed by atoms with Crippen molar-refractivity contribution in [3.05, 3.63) is 35.9 Å². The van der Waals surface area contributed by atoms with Crippen LogP contribution in [0.1, 0.15) is 31.4 Å². The highest BCUT2D eigenvalue weighted by molar-refractivity contribution is 5.18. The molecule has 0 radical (unpaired) electrons. The molecule has 1 aromatic carbocycles. The lowest BCUT2D eigenvalue weighted by Gasteiger charge is -2.27. The van der Waals surface area contributed by atoms with Crippen LogP contribution < -0.4 is 0 Å². The van der Waals surface area contributed by atoms with Crippen LogP contribution in [0.25, 0.3) is 0 Å². The minimum atomic E-state index is -0.245. The highest BCUT2D eigenvalue weighted by Gasteiger charge is 2.26. The molecule has 1 aliphatic heterocycles. The number of hydrogen-bond donors (Lipinski definition) is 1. The largest absolute Gasteiger partial charge is 0.378 e. The number of aliphatic hydroxyl groups excluding tert-OH is 1. The lowest BCUT2D eigenvalue weighted by atomic mass is 10.1. The Bertz CT molecular complexity index is 286. The van der Waals surface area contributed by atoms with Gasteiger partial charge < -0.3 is 5.11 Å². The molecule has 76 valence electrons. The zero-order valence-electron chi connectivity index (χ0n) is 8.56. The molecular weight excluding hydrogens is 174 g/mol. The molecule has 1 heterocycles. The van der Waals surface area contributed by atoms with E-state index < -0.39 is 0 Å². The van der Waals surface area contributed by atoms with Gasteiger partial charge in [0.25, 0.3) is 0 Å². The summed E-state index contributed by atoms with van der Waals surface area (Å²) in [6.45, 7) is 3.17. The van der Waals surface area contributed by atoms with Crippen molar-refractivity contribution in [2.45, 2.75) is 32.0 Å². The van der Waals surface area contributed by atoms with Crippen molar-refractivity contribution < 1.29 is 5.11 Å². The molecule has 0 saturated carbocycles. The second-order valence-corrected chi connectivity index (χ2v) is 3.95. The maximum absolute atomic E-state index is 9.75. The fraction of sp³-hybridized carbons (Fsp3) is 0.500. The van der Waals surface area contributed by atoms with Crippen LogP contribution in [0.15, 0.2) is 30.3 Å². The molecule has 1 unspecified atom stereocenters. The van der Waals surface area contributed by atoms with E-state index in [1.54, 1.807) is 0 Å². The monoisotopic (exact) mass is 191 g/mol. The lowest BCUT2D eigenvalue weighted by Crippen LogP contribution is -2.31. The molecule has 2 nitrogen and oxygen atoms in total. The Morgan fingerprint density at radius 1 is 1.36 bits per heavy atom. The molecule has 2 heteroatoms. The normalized spacial score (nSPS) is 25.1. The summed E-state index contributed by atoms with van der Waals surface area (Å²) >= 11 is 0. The number of likely N-dealkylation sites (tertiary alicyclic amines) is 1. The summed E-state index contributed by atoms with van der Waals surface area (Å²) in [5.41, 5.74) is 1.29. The third-order valence-electron chi connectivity index (χ3n) is 3.04. The van der Waals surface area contributed by atoms with Crippen LogP contribution in [0.2, 0.25) is 0 Å². The lowest BCUT2D eigenvalue weighted by molar-refractivity contribution is 0.0127. The second kappa shape index (κ2) is 4.11. The van der Waals surface area contributed by atoms with Crippen LogP contribution >= 0.6 is 0 Å². The summed E-state index contributed by atoms with van der Waals surface area (Å²) in [4.78, 5) is 2.16. The average Bonchev–Trinajstić information content (AvgIpc) is 2.65. The molecule has 2 rings (SSSR count). The van der Waals surface area contributed by atoms with Crippen LogP contribution in [-0.4, -0.2) is 22.8 Å². The summed E-state index contributed by atoms with van der Waals surface area (Å²) in [6, 6.07) is 10.7. The molecule has 1 N–H and O–H groups in total. The van der Waals surface area contributed by atoms with E-state index in [1.807, 2.05) is 18.2 Å². The van der Waals surface area contributed by atoms with Gasteiger partial charge in [0.15, 0.2) is 0 Å². The second-order valence-electron chi connectivity index (χ2n) is 3.95. The molecule has 14 heavy (non-hydrogen) atoms. The predicted octanol–water partition coefficient (Wildman–Crippen LogP) is 2.16. The van der Waals surface area contributed by atoms with Crippen molar-refractivity contribution in [2.75, 3.05) is 6.54 Å². The summed E-state index contributed by atoms with van der Waals surface area (Å²) in [6.07, 6.45) is 1.78.